The second-order valence-electron chi connectivity index (χ2n) is 2.14. The van der Waals surface area contributed by atoms with Crippen molar-refractivity contribution < 1.29 is 27.0 Å². The summed E-state index contributed by atoms with van der Waals surface area (Å²) in [5.41, 5.74) is 5.75. The molecule has 0 fully saturated rings. The van der Waals surface area contributed by atoms with E-state index < -0.39 is 12.0 Å². The smallest absolute Gasteiger partial charge is 0.548 e. The molecule has 0 aliphatic carbocycles. The molecule has 0 amide bonds. The van der Waals surface area contributed by atoms with Gasteiger partial charge in [-0.05, 0) is 6.42 Å². The van der Waals surface area contributed by atoms with Crippen molar-refractivity contribution in [2.24, 2.45) is 5.73 Å². The largest absolute Gasteiger partial charge is 2.00 e. The van der Waals surface area contributed by atoms with Crippen LogP contribution in [0.15, 0.2) is 12.5 Å². The van der Waals surface area contributed by atoms with Crippen LogP contribution in [0.2, 0.25) is 0 Å². The quantitative estimate of drug-likeness (QED) is 0.562. The molecule has 1 heterocycles. The summed E-state index contributed by atoms with van der Waals surface area (Å²) in [6.07, 6.45) is 2.99. The van der Waals surface area contributed by atoms with Gasteiger partial charge in [-0.1, -0.05) is 18.2 Å². The average molecular weight is 209 g/mol. The summed E-state index contributed by atoms with van der Waals surface area (Å²) in [6, 6.07) is -0.994. The third-order valence-electron chi connectivity index (χ3n) is 1.25. The molecule has 0 aliphatic heterocycles. The number of aromatic nitrogens is 2. The van der Waals surface area contributed by atoms with Crippen molar-refractivity contribution in [1.29, 1.82) is 0 Å². The molecule has 5 nitrogen and oxygen atoms in total. The van der Waals surface area contributed by atoms with Gasteiger partial charge in [0, 0.05) is 6.04 Å². The Morgan fingerprint density at radius 1 is 1.83 bits per heavy atom. The van der Waals surface area contributed by atoms with E-state index in [1.807, 2.05) is 0 Å². The molecule has 12 heavy (non-hydrogen) atoms. The molecular weight excluding hydrogens is 202 g/mol. The van der Waals surface area contributed by atoms with Gasteiger partial charge in [-0.25, -0.2) is 0 Å². The Morgan fingerprint density at radius 2 is 2.50 bits per heavy atom. The second-order valence-corrected chi connectivity index (χ2v) is 2.14. The number of nitrogens with zero attached hydrogens (tertiary/aromatic N) is 2. The fourth-order valence-electron chi connectivity index (χ4n) is 0.674. The van der Waals surface area contributed by atoms with Gasteiger partial charge in [0.2, 0.25) is 0 Å². The first-order chi connectivity index (χ1) is 5.20. The summed E-state index contributed by atoms with van der Waals surface area (Å²) < 4.78 is 0. The molecule has 0 bridgehead atoms. The van der Waals surface area contributed by atoms with Crippen LogP contribution >= 0.6 is 0 Å². The maximum absolute atomic E-state index is 10.1. The van der Waals surface area contributed by atoms with E-state index in [1.165, 1.54) is 12.5 Å². The summed E-state index contributed by atoms with van der Waals surface area (Å²) in [5, 5.41) is 10.1. The molecule has 0 saturated carbocycles. The maximum Gasteiger partial charge on any atom is 2.00 e. The molecule has 1 aromatic heterocycles. The Labute approximate surface area is 79.8 Å². The summed E-state index contributed by atoms with van der Waals surface area (Å²) in [7, 11) is 0. The number of hydrogen-bond donors (Lipinski definition) is 1. The Bertz CT molecular complexity index is 237. The Kier molecular flexibility index (Phi) is 4.58. The molecule has 1 rings (SSSR count). The van der Waals surface area contributed by atoms with E-state index >= 15 is 0 Å². The molecule has 0 aromatic carbocycles. The van der Waals surface area contributed by atoms with Gasteiger partial charge in [0.25, 0.3) is 0 Å². The molecule has 6 heteroatoms. The zero-order chi connectivity index (χ0) is 8.27. The van der Waals surface area contributed by atoms with Crippen LogP contribution in [0.25, 0.3) is 0 Å². The van der Waals surface area contributed by atoms with Crippen molar-refractivity contribution in [3.63, 3.8) is 0 Å². The number of rotatable bonds is 3. The summed E-state index contributed by atoms with van der Waals surface area (Å²) in [4.78, 5) is 17.6. The first-order valence-corrected chi connectivity index (χ1v) is 3.08. The van der Waals surface area contributed by atoms with Gasteiger partial charge < -0.3 is 25.6 Å². The van der Waals surface area contributed by atoms with E-state index in [-0.39, 0.29) is 23.5 Å². The molecule has 0 radical (unpaired) electrons. The zero-order valence-corrected chi connectivity index (χ0v) is 7.19. The molecule has 1 unspecified atom stereocenters. The van der Waals surface area contributed by atoms with Crippen LogP contribution in [0.3, 0.4) is 0 Å². The van der Waals surface area contributed by atoms with Crippen LogP contribution in [0.5, 0.6) is 0 Å². The SMILES string of the molecule is NC(Cc1c[n-]cn1)C(=O)[O-].[Fe+2]. The normalized spacial score (nSPS) is 11.8. The number of aliphatic carboxylic acids is 1. The van der Waals surface area contributed by atoms with Gasteiger partial charge in [-0.3, -0.25) is 0 Å². The number of imidazole rings is 1. The number of carboxylic acids is 1. The Balaban J connectivity index is 0.00000121. The standard InChI is InChI=1S/C6H9N3O2.Fe/c7-5(6(10)11)1-4-2-8-3-9-4;/h2-3,5H,1,7H2,(H2,8,9,10,11);/q;+2/p-2. The number of carbonyl (C=O) groups is 1. The summed E-state index contributed by atoms with van der Waals surface area (Å²) in [5.74, 6) is -1.27. The van der Waals surface area contributed by atoms with Crippen LogP contribution in [-0.4, -0.2) is 17.0 Å². The van der Waals surface area contributed by atoms with Crippen LogP contribution in [0.1, 0.15) is 5.69 Å². The number of carbonyl (C=O) groups excluding carboxylic acids is 1. The number of hydrogen-bond acceptors (Lipinski definition) is 4. The first-order valence-electron chi connectivity index (χ1n) is 3.08. The fourth-order valence-corrected chi connectivity index (χ4v) is 0.674. The van der Waals surface area contributed by atoms with Crippen LogP contribution < -0.4 is 15.8 Å². The van der Waals surface area contributed by atoms with E-state index in [9.17, 15) is 9.90 Å². The van der Waals surface area contributed by atoms with E-state index in [1.54, 1.807) is 0 Å². The van der Waals surface area contributed by atoms with Crippen molar-refractivity contribution in [2.75, 3.05) is 0 Å². The fraction of sp³-hybridized carbons (Fsp3) is 0.333. The van der Waals surface area contributed by atoms with E-state index in [0.717, 1.165) is 0 Å². The van der Waals surface area contributed by atoms with Crippen molar-refractivity contribution >= 4 is 5.97 Å². The maximum atomic E-state index is 10.1. The van der Waals surface area contributed by atoms with E-state index in [2.05, 4.69) is 9.97 Å². The summed E-state index contributed by atoms with van der Waals surface area (Å²) >= 11 is 0. The predicted molar refractivity (Wildman–Crippen MR) is 34.2 cm³/mol. The van der Waals surface area contributed by atoms with Gasteiger partial charge in [-0.15, -0.1) is 0 Å². The number of carboxylic acid groups (broad SMARTS) is 1. The molecule has 1 aromatic rings. The van der Waals surface area contributed by atoms with Gasteiger partial charge in [0.15, 0.2) is 0 Å². The van der Waals surface area contributed by atoms with Crippen molar-refractivity contribution in [2.45, 2.75) is 12.5 Å². The van der Waals surface area contributed by atoms with Crippen molar-refractivity contribution in [3.05, 3.63) is 18.2 Å². The first kappa shape index (κ1) is 11.2. The van der Waals surface area contributed by atoms with Gasteiger partial charge in [-0.2, -0.15) is 0 Å². The zero-order valence-electron chi connectivity index (χ0n) is 6.08. The minimum atomic E-state index is -1.27. The third-order valence-corrected chi connectivity index (χ3v) is 1.25. The molecular formula is C6H7FeN3O2. The molecule has 0 aliphatic rings. The molecule has 2 N–H and O–H groups in total. The van der Waals surface area contributed by atoms with Crippen molar-refractivity contribution in [3.8, 4) is 0 Å². The average Bonchev–Trinajstić information content (AvgIpc) is 2.39. The minimum Gasteiger partial charge on any atom is -0.548 e. The van der Waals surface area contributed by atoms with Gasteiger partial charge in [0.1, 0.15) is 0 Å². The Hall–Kier alpha value is -0.841. The van der Waals surface area contributed by atoms with Crippen LogP contribution in [0.4, 0.5) is 0 Å². The monoisotopic (exact) mass is 209 g/mol. The summed E-state index contributed by atoms with van der Waals surface area (Å²) in [6.45, 7) is 0. The predicted octanol–water partition coefficient (Wildman–Crippen LogP) is -2.34. The minimum absolute atomic E-state index is 0. The van der Waals surface area contributed by atoms with Crippen molar-refractivity contribution in [1.82, 2.24) is 9.97 Å². The third kappa shape index (κ3) is 3.04. The topological polar surface area (TPSA) is 93.1 Å². The number of nitrogens with two attached hydrogens (primary N) is 1. The molecule has 0 spiro atoms. The van der Waals surface area contributed by atoms with Crippen LogP contribution in [0, 0.1) is 0 Å². The molecule has 0 saturated heterocycles. The van der Waals surface area contributed by atoms with Crippen LogP contribution in [-0.2, 0) is 28.3 Å². The molecule has 66 valence electrons. The molecule has 1 atom stereocenters. The van der Waals surface area contributed by atoms with Gasteiger partial charge in [0.05, 0.1) is 5.97 Å². The van der Waals surface area contributed by atoms with E-state index in [0.29, 0.717) is 5.69 Å². The van der Waals surface area contributed by atoms with E-state index in [4.69, 9.17) is 5.73 Å². The van der Waals surface area contributed by atoms with Gasteiger partial charge >= 0.3 is 17.1 Å². The second kappa shape index (κ2) is 4.92. The Morgan fingerprint density at radius 3 is 2.92 bits per heavy atom.